The first kappa shape index (κ1) is 18.4. The van der Waals surface area contributed by atoms with Crippen LogP contribution in [-0.4, -0.2) is 44.7 Å². The van der Waals surface area contributed by atoms with Crippen LogP contribution in [0.15, 0.2) is 18.2 Å². The number of esters is 1. The molecule has 0 unspecified atom stereocenters. The number of halogens is 2. The fourth-order valence-corrected chi connectivity index (χ4v) is 4.56. The lowest BCUT2D eigenvalue weighted by molar-refractivity contribution is -0.286. The van der Waals surface area contributed by atoms with Gasteiger partial charge in [0.2, 0.25) is 0 Å². The van der Waals surface area contributed by atoms with E-state index in [2.05, 4.69) is 14.8 Å². The van der Waals surface area contributed by atoms with Gasteiger partial charge in [-0.25, -0.2) is 8.42 Å². The fraction of sp³-hybridized carbons (Fsp3) is 0.467. The average molecular weight is 391 g/mol. The van der Waals surface area contributed by atoms with Crippen LogP contribution in [0.1, 0.15) is 12.8 Å². The van der Waals surface area contributed by atoms with E-state index in [1.54, 1.807) is 0 Å². The lowest BCUT2D eigenvalue weighted by Crippen LogP contribution is -2.25. The van der Waals surface area contributed by atoms with Gasteiger partial charge in [-0.2, -0.15) is 0 Å². The minimum Gasteiger partial charge on any atom is -0.456 e. The molecule has 1 fully saturated rings. The smallest absolute Gasteiger partial charge is 0.456 e. The zero-order chi connectivity index (χ0) is 18.9. The Morgan fingerprint density at radius 1 is 1.27 bits per heavy atom. The number of hydrogen-bond acceptors (Lipinski definition) is 7. The second-order valence-electron chi connectivity index (χ2n) is 6.01. The molecule has 0 spiro atoms. The lowest BCUT2D eigenvalue weighted by Gasteiger charge is -2.09. The Labute approximate surface area is 147 Å². The minimum atomic E-state index is -3.76. The summed E-state index contributed by atoms with van der Waals surface area (Å²) < 4.78 is 61.8. The Morgan fingerprint density at radius 2 is 2.00 bits per heavy atom. The van der Waals surface area contributed by atoms with Gasteiger partial charge in [0.1, 0.15) is 0 Å². The average Bonchev–Trinajstić information content (AvgIpc) is 3.01. The summed E-state index contributed by atoms with van der Waals surface area (Å²) in [6.45, 7) is -0.580. The molecule has 0 saturated carbocycles. The van der Waals surface area contributed by atoms with Crippen molar-refractivity contribution < 1.29 is 41.0 Å². The number of fused-ring (bicyclic) bond motifs is 1. The maximum absolute atomic E-state index is 12.9. The molecule has 2 aliphatic rings. The number of carbonyl (C=O) groups excluding carboxylic acids is 2. The van der Waals surface area contributed by atoms with Gasteiger partial charge in [0, 0.05) is 18.2 Å². The molecule has 1 atom stereocenters. The number of anilines is 1. The van der Waals surface area contributed by atoms with Gasteiger partial charge in [-0.05, 0) is 24.5 Å². The van der Waals surface area contributed by atoms with Crippen LogP contribution in [0.2, 0.25) is 0 Å². The Balaban J connectivity index is 1.46. The number of ether oxygens (including phenoxy) is 3. The third kappa shape index (κ3) is 4.59. The lowest BCUT2D eigenvalue weighted by atomic mass is 10.1. The molecule has 1 aromatic carbocycles. The number of alkyl halides is 2. The van der Waals surface area contributed by atoms with E-state index in [1.807, 2.05) is 0 Å². The maximum Gasteiger partial charge on any atom is 0.586 e. The molecule has 2 aliphatic heterocycles. The number of sulfone groups is 1. The molecule has 1 aromatic rings. The van der Waals surface area contributed by atoms with Crippen molar-refractivity contribution in [2.24, 2.45) is 5.92 Å². The monoisotopic (exact) mass is 391 g/mol. The number of hydrogen-bond donors (Lipinski definition) is 1. The largest absolute Gasteiger partial charge is 0.586 e. The van der Waals surface area contributed by atoms with Crippen LogP contribution >= 0.6 is 0 Å². The molecule has 11 heteroatoms. The quantitative estimate of drug-likeness (QED) is 0.754. The molecule has 8 nitrogen and oxygen atoms in total. The minimum absolute atomic E-state index is 0.0502. The van der Waals surface area contributed by atoms with Crippen molar-refractivity contribution in [1.29, 1.82) is 0 Å². The summed E-state index contributed by atoms with van der Waals surface area (Å²) in [7, 11) is -3.09. The second kappa shape index (κ2) is 6.71. The Hall–Kier alpha value is -2.43. The van der Waals surface area contributed by atoms with Gasteiger partial charge >= 0.3 is 12.3 Å². The van der Waals surface area contributed by atoms with Gasteiger partial charge < -0.3 is 19.5 Å². The summed E-state index contributed by atoms with van der Waals surface area (Å²) in [6, 6.07) is 3.68. The van der Waals surface area contributed by atoms with Crippen LogP contribution in [0.3, 0.4) is 0 Å². The van der Waals surface area contributed by atoms with E-state index in [9.17, 15) is 26.8 Å². The summed E-state index contributed by atoms with van der Waals surface area (Å²) >= 11 is 0. The third-order valence-corrected chi connectivity index (χ3v) is 5.67. The van der Waals surface area contributed by atoms with E-state index in [4.69, 9.17) is 4.74 Å². The molecule has 1 amide bonds. The van der Waals surface area contributed by atoms with Crippen molar-refractivity contribution >= 4 is 27.4 Å². The molecule has 142 valence electrons. The Morgan fingerprint density at radius 3 is 2.69 bits per heavy atom. The highest BCUT2D eigenvalue weighted by Crippen LogP contribution is 2.42. The van der Waals surface area contributed by atoms with Crippen LogP contribution in [-0.2, 0) is 24.2 Å². The SMILES string of the molecule is O=C(COC(=O)C[C@H]1CCS(=O)(=O)C1)Nc1ccc2c(c1)OC(F)(F)O2. The molecule has 1 N–H and O–H groups in total. The zero-order valence-corrected chi connectivity index (χ0v) is 14.2. The highest BCUT2D eigenvalue weighted by Gasteiger charge is 2.43. The zero-order valence-electron chi connectivity index (χ0n) is 13.4. The molecule has 2 heterocycles. The standard InChI is InChI=1S/C15H15F2NO7S/c16-15(17)24-11-2-1-10(6-12(11)25-15)18-13(19)7-23-14(20)5-9-3-4-26(21,22)8-9/h1-2,6,9H,3-5,7-8H2,(H,18,19)/t9-/m1/s1. The van der Waals surface area contributed by atoms with Crippen LogP contribution < -0.4 is 14.8 Å². The highest BCUT2D eigenvalue weighted by molar-refractivity contribution is 7.91. The van der Waals surface area contributed by atoms with Crippen molar-refractivity contribution in [2.75, 3.05) is 23.4 Å². The summed E-state index contributed by atoms with van der Waals surface area (Å²) in [5, 5.41) is 2.37. The van der Waals surface area contributed by atoms with Gasteiger partial charge in [0.15, 0.2) is 27.9 Å². The van der Waals surface area contributed by atoms with Crippen LogP contribution in [0.25, 0.3) is 0 Å². The molecular formula is C15H15F2NO7S. The predicted molar refractivity (Wildman–Crippen MR) is 83.6 cm³/mol. The molecule has 26 heavy (non-hydrogen) atoms. The molecule has 0 aliphatic carbocycles. The van der Waals surface area contributed by atoms with E-state index in [1.165, 1.54) is 12.1 Å². The van der Waals surface area contributed by atoms with E-state index >= 15 is 0 Å². The van der Waals surface area contributed by atoms with Crippen molar-refractivity contribution in [3.05, 3.63) is 18.2 Å². The van der Waals surface area contributed by atoms with Crippen molar-refractivity contribution in [1.82, 2.24) is 0 Å². The van der Waals surface area contributed by atoms with Crippen LogP contribution in [0.4, 0.5) is 14.5 Å². The molecule has 0 bridgehead atoms. The first-order chi connectivity index (χ1) is 12.1. The first-order valence-corrected chi connectivity index (χ1v) is 9.50. The number of benzene rings is 1. The highest BCUT2D eigenvalue weighted by atomic mass is 32.2. The van der Waals surface area contributed by atoms with Crippen LogP contribution in [0.5, 0.6) is 11.5 Å². The van der Waals surface area contributed by atoms with Crippen molar-refractivity contribution in [3.8, 4) is 11.5 Å². The topological polar surface area (TPSA) is 108 Å². The fourth-order valence-electron chi connectivity index (χ4n) is 2.70. The van der Waals surface area contributed by atoms with Gasteiger partial charge in [-0.1, -0.05) is 0 Å². The summed E-state index contributed by atoms with van der Waals surface area (Å²) in [4.78, 5) is 23.5. The summed E-state index contributed by atoms with van der Waals surface area (Å²) in [5.41, 5.74) is 0.160. The first-order valence-electron chi connectivity index (χ1n) is 7.68. The van der Waals surface area contributed by atoms with E-state index in [0.717, 1.165) is 6.07 Å². The van der Waals surface area contributed by atoms with Gasteiger partial charge in [0.25, 0.3) is 5.91 Å². The van der Waals surface area contributed by atoms with Crippen molar-refractivity contribution in [2.45, 2.75) is 19.1 Å². The van der Waals surface area contributed by atoms with E-state index < -0.39 is 34.6 Å². The predicted octanol–water partition coefficient (Wildman–Crippen LogP) is 1.31. The second-order valence-corrected chi connectivity index (χ2v) is 8.24. The van der Waals surface area contributed by atoms with Gasteiger partial charge in [-0.3, -0.25) is 9.59 Å². The van der Waals surface area contributed by atoms with E-state index in [0.29, 0.717) is 6.42 Å². The maximum atomic E-state index is 12.9. The van der Waals surface area contributed by atoms with Gasteiger partial charge in [-0.15, -0.1) is 8.78 Å². The number of amides is 1. The van der Waals surface area contributed by atoms with Gasteiger partial charge in [0.05, 0.1) is 11.5 Å². The Kier molecular flexibility index (Phi) is 4.74. The van der Waals surface area contributed by atoms with Crippen LogP contribution in [0, 0.1) is 5.92 Å². The number of carbonyl (C=O) groups is 2. The normalized spacial score (nSPS) is 22.0. The molecule has 0 aromatic heterocycles. The Bertz CT molecular complexity index is 840. The van der Waals surface area contributed by atoms with Crippen molar-refractivity contribution in [3.63, 3.8) is 0 Å². The number of rotatable bonds is 5. The molecular weight excluding hydrogens is 376 g/mol. The third-order valence-electron chi connectivity index (χ3n) is 3.83. The molecule has 1 saturated heterocycles. The summed E-state index contributed by atoms with van der Waals surface area (Å²) in [6.07, 6.45) is -3.44. The number of nitrogens with one attached hydrogen (secondary N) is 1. The summed E-state index contributed by atoms with van der Waals surface area (Å²) in [5.74, 6) is -2.05. The van der Waals surface area contributed by atoms with E-state index in [-0.39, 0.29) is 41.0 Å². The molecule has 0 radical (unpaired) electrons. The molecule has 3 rings (SSSR count).